The Labute approximate surface area is 298 Å². The lowest BCUT2D eigenvalue weighted by Gasteiger charge is -2.46. The summed E-state index contributed by atoms with van der Waals surface area (Å²) in [6.45, 7) is 16.2. The number of ether oxygens (including phenoxy) is 1. The van der Waals surface area contributed by atoms with Crippen molar-refractivity contribution >= 4 is 35.2 Å². The number of piperazine rings is 1. The van der Waals surface area contributed by atoms with Gasteiger partial charge in [-0.05, 0) is 80.5 Å². The van der Waals surface area contributed by atoms with Gasteiger partial charge in [-0.15, -0.1) is 0 Å². The summed E-state index contributed by atoms with van der Waals surface area (Å²) in [6, 6.07) is 10.2. The van der Waals surface area contributed by atoms with Crippen LogP contribution in [0.15, 0.2) is 53.7 Å². The van der Waals surface area contributed by atoms with Gasteiger partial charge in [0, 0.05) is 68.5 Å². The Morgan fingerprint density at radius 3 is 2.53 bits per heavy atom. The minimum atomic E-state index is -0.200. The fourth-order valence-corrected chi connectivity index (χ4v) is 8.28. The van der Waals surface area contributed by atoms with E-state index in [9.17, 15) is 14.4 Å². The molecule has 0 unspecified atom stereocenters. The fraction of sp³-hybridized carbons (Fsp3) is 0.462. The van der Waals surface area contributed by atoms with Crippen LogP contribution in [-0.2, 0) is 24.1 Å². The predicted molar refractivity (Wildman–Crippen MR) is 198 cm³/mol. The van der Waals surface area contributed by atoms with Crippen molar-refractivity contribution in [2.24, 2.45) is 5.41 Å². The van der Waals surface area contributed by atoms with Crippen LogP contribution in [-0.4, -0.2) is 87.7 Å². The molecule has 12 nitrogen and oxygen atoms in total. The van der Waals surface area contributed by atoms with Crippen LogP contribution < -0.4 is 20.7 Å². The number of carbonyl (C=O) groups excluding carboxylic acids is 2. The highest BCUT2D eigenvalue weighted by molar-refractivity contribution is 6.08. The van der Waals surface area contributed by atoms with Gasteiger partial charge in [0.2, 0.25) is 0 Å². The quantitative estimate of drug-likeness (QED) is 0.257. The molecular formula is C39H46N8O4. The maximum absolute atomic E-state index is 13.9. The number of nitrogens with one attached hydrogen (secondary N) is 1. The normalized spacial score (nSPS) is 20.4. The molecule has 1 N–H and O–H groups in total. The second-order valence-electron chi connectivity index (χ2n) is 15.5. The highest BCUT2D eigenvalue weighted by Gasteiger charge is 2.38. The van der Waals surface area contributed by atoms with Gasteiger partial charge in [-0.2, -0.15) is 0 Å². The summed E-state index contributed by atoms with van der Waals surface area (Å²) in [5.74, 6) is 0.712. The number of amides is 1. The monoisotopic (exact) mass is 690 g/mol. The van der Waals surface area contributed by atoms with E-state index in [1.165, 1.54) is 11.3 Å². The second kappa shape index (κ2) is 12.8. The van der Waals surface area contributed by atoms with E-state index in [1.807, 2.05) is 38.2 Å². The van der Waals surface area contributed by atoms with E-state index >= 15 is 0 Å². The van der Waals surface area contributed by atoms with E-state index in [-0.39, 0.29) is 22.9 Å². The zero-order valence-corrected chi connectivity index (χ0v) is 30.1. The van der Waals surface area contributed by atoms with Crippen LogP contribution in [0.2, 0.25) is 0 Å². The zero-order valence-electron chi connectivity index (χ0n) is 30.1. The van der Waals surface area contributed by atoms with Crippen LogP contribution in [0.5, 0.6) is 0 Å². The number of pyridine rings is 3. The maximum Gasteiger partial charge on any atom is 0.276 e. The molecule has 0 radical (unpaired) electrons. The molecule has 1 amide bonds. The van der Waals surface area contributed by atoms with Crippen LogP contribution >= 0.6 is 0 Å². The molecule has 2 saturated heterocycles. The predicted octanol–water partition coefficient (Wildman–Crippen LogP) is 4.94. The Hall–Kier alpha value is -4.81. The average Bonchev–Trinajstić information content (AvgIpc) is 3.57. The third kappa shape index (κ3) is 5.93. The number of nitrogens with zero attached hydrogens (tertiary/aromatic N) is 7. The molecule has 1 aliphatic carbocycles. The van der Waals surface area contributed by atoms with Crippen molar-refractivity contribution < 1.29 is 14.3 Å². The molecule has 0 bridgehead atoms. The van der Waals surface area contributed by atoms with Gasteiger partial charge in [0.1, 0.15) is 23.0 Å². The summed E-state index contributed by atoms with van der Waals surface area (Å²) >= 11 is 0. The number of hydrogen-bond donors (Lipinski definition) is 1. The molecule has 3 aliphatic heterocycles. The lowest BCUT2D eigenvalue weighted by Crippen LogP contribution is -2.59. The van der Waals surface area contributed by atoms with Gasteiger partial charge in [-0.25, -0.2) is 9.97 Å². The Morgan fingerprint density at radius 2 is 1.84 bits per heavy atom. The third-order valence-corrected chi connectivity index (χ3v) is 11.0. The van der Waals surface area contributed by atoms with E-state index in [0.29, 0.717) is 64.9 Å². The molecular weight excluding hydrogens is 644 g/mol. The summed E-state index contributed by atoms with van der Waals surface area (Å²) < 4.78 is 9.20. The summed E-state index contributed by atoms with van der Waals surface area (Å²) in [7, 11) is 0. The zero-order chi connectivity index (χ0) is 35.6. The van der Waals surface area contributed by atoms with Crippen molar-refractivity contribution in [2.75, 3.05) is 54.5 Å². The van der Waals surface area contributed by atoms with E-state index in [2.05, 4.69) is 45.4 Å². The lowest BCUT2D eigenvalue weighted by atomic mass is 9.90. The smallest absolute Gasteiger partial charge is 0.276 e. The van der Waals surface area contributed by atoms with Gasteiger partial charge in [-0.1, -0.05) is 13.8 Å². The fourth-order valence-electron chi connectivity index (χ4n) is 8.28. The maximum atomic E-state index is 13.9. The molecule has 7 heterocycles. The molecule has 0 spiro atoms. The standard InChI is InChI=1S/C39H46N8O4/c1-24(2)47-20-27(14-32(37(47)49)42-35-7-6-28(18-41-35)44-11-10-43(19-25(44)3)29-22-51-23-29)30-8-9-40-36(31(30)21-48)46-13-12-45-33(38(46)50)15-26-16-39(4,5)17-34(26)45/h6-9,14-15,18,20-21,24-25,29H,10-13,16-17,19,22-23H2,1-5H3,(H,41,42)/t25-/m0/s1. The van der Waals surface area contributed by atoms with E-state index in [0.717, 1.165) is 57.7 Å². The van der Waals surface area contributed by atoms with E-state index < -0.39 is 0 Å². The Balaban J connectivity index is 1.07. The van der Waals surface area contributed by atoms with Gasteiger partial charge in [0.25, 0.3) is 11.5 Å². The summed E-state index contributed by atoms with van der Waals surface area (Å²) in [5.41, 5.74) is 6.04. The van der Waals surface area contributed by atoms with Crippen molar-refractivity contribution in [3.05, 3.63) is 81.8 Å². The number of carbonyl (C=O) groups is 2. The number of hydrogen-bond acceptors (Lipinski definition) is 9. The van der Waals surface area contributed by atoms with Crippen LogP contribution in [0.4, 0.5) is 23.0 Å². The molecule has 4 aromatic rings. The molecule has 12 heteroatoms. The number of aromatic nitrogens is 4. The van der Waals surface area contributed by atoms with Crippen LogP contribution in [0.1, 0.15) is 72.8 Å². The van der Waals surface area contributed by atoms with Crippen LogP contribution in [0.3, 0.4) is 0 Å². The van der Waals surface area contributed by atoms with Gasteiger partial charge < -0.3 is 24.1 Å². The number of rotatable bonds is 8. The lowest BCUT2D eigenvalue weighted by molar-refractivity contribution is -0.0691. The van der Waals surface area contributed by atoms with Crippen molar-refractivity contribution in [2.45, 2.75) is 72.1 Å². The molecule has 1 atom stereocenters. The van der Waals surface area contributed by atoms with E-state index in [4.69, 9.17) is 9.72 Å². The first-order valence-corrected chi connectivity index (χ1v) is 18.1. The first kappa shape index (κ1) is 33.3. The molecule has 0 saturated carbocycles. The molecule has 0 aromatic carbocycles. The Bertz CT molecular complexity index is 2060. The Kier molecular flexibility index (Phi) is 8.34. The van der Waals surface area contributed by atoms with Crippen molar-refractivity contribution in [1.29, 1.82) is 0 Å². The second-order valence-corrected chi connectivity index (χ2v) is 15.5. The minimum Gasteiger partial charge on any atom is -0.378 e. The van der Waals surface area contributed by atoms with Crippen molar-refractivity contribution in [1.82, 2.24) is 24.0 Å². The SMILES string of the molecule is CC(C)n1cc(-c2ccnc(N3CCn4c(cc5c4CC(C)(C)C5)C3=O)c2C=O)cc(Nc2ccc(N3CCN(C4COC4)C[C@@H]3C)cn2)c1=O. The van der Waals surface area contributed by atoms with Crippen molar-refractivity contribution in [3.8, 4) is 11.1 Å². The van der Waals surface area contributed by atoms with Gasteiger partial charge in [0.05, 0.1) is 36.7 Å². The summed E-state index contributed by atoms with van der Waals surface area (Å²) in [6.07, 6.45) is 7.90. The number of aldehydes is 1. The molecule has 51 heavy (non-hydrogen) atoms. The Morgan fingerprint density at radius 1 is 1.02 bits per heavy atom. The highest BCUT2D eigenvalue weighted by Crippen LogP contribution is 2.40. The van der Waals surface area contributed by atoms with Gasteiger partial charge in [0.15, 0.2) is 6.29 Å². The average molecular weight is 691 g/mol. The van der Waals surface area contributed by atoms with Crippen LogP contribution in [0, 0.1) is 5.41 Å². The van der Waals surface area contributed by atoms with Crippen molar-refractivity contribution in [3.63, 3.8) is 0 Å². The topological polar surface area (TPSA) is 118 Å². The van der Waals surface area contributed by atoms with Gasteiger partial charge in [-0.3, -0.25) is 24.2 Å². The molecule has 2 fully saturated rings. The first-order valence-electron chi connectivity index (χ1n) is 18.1. The van der Waals surface area contributed by atoms with Crippen LogP contribution in [0.25, 0.3) is 11.1 Å². The molecule has 8 rings (SSSR count). The van der Waals surface area contributed by atoms with E-state index in [1.54, 1.807) is 34.0 Å². The number of anilines is 4. The summed E-state index contributed by atoms with van der Waals surface area (Å²) in [5, 5.41) is 3.26. The highest BCUT2D eigenvalue weighted by atomic mass is 16.5. The van der Waals surface area contributed by atoms with Gasteiger partial charge >= 0.3 is 0 Å². The first-order chi connectivity index (χ1) is 24.5. The third-order valence-electron chi connectivity index (χ3n) is 11.0. The molecule has 4 aromatic heterocycles. The molecule has 266 valence electrons. The largest absolute Gasteiger partial charge is 0.378 e. The minimum absolute atomic E-state index is 0.149. The number of fused-ring (bicyclic) bond motifs is 3. The molecule has 4 aliphatic rings. The summed E-state index contributed by atoms with van der Waals surface area (Å²) in [4.78, 5) is 56.2.